The van der Waals surface area contributed by atoms with Crippen molar-refractivity contribution in [3.8, 4) is 16.9 Å². The normalized spacial score (nSPS) is 11.8. The van der Waals surface area contributed by atoms with E-state index in [4.69, 9.17) is 9.47 Å². The Bertz CT molecular complexity index is 689. The van der Waals surface area contributed by atoms with Gasteiger partial charge in [-0.05, 0) is 42.2 Å². The van der Waals surface area contributed by atoms with Gasteiger partial charge in [-0.15, -0.1) is 0 Å². The summed E-state index contributed by atoms with van der Waals surface area (Å²) < 4.78 is 10.8. The minimum absolute atomic E-state index is 0.0970. The van der Waals surface area contributed by atoms with Gasteiger partial charge < -0.3 is 9.47 Å². The van der Waals surface area contributed by atoms with Gasteiger partial charge in [0, 0.05) is 6.42 Å². The van der Waals surface area contributed by atoms with Gasteiger partial charge in [-0.3, -0.25) is 4.79 Å². The van der Waals surface area contributed by atoms with Crippen molar-refractivity contribution in [3.63, 3.8) is 0 Å². The van der Waals surface area contributed by atoms with E-state index in [0.717, 1.165) is 35.3 Å². The van der Waals surface area contributed by atoms with Crippen molar-refractivity contribution < 1.29 is 14.3 Å². The topological polar surface area (TPSA) is 35.5 Å². The van der Waals surface area contributed by atoms with Crippen molar-refractivity contribution in [1.82, 2.24) is 0 Å². The van der Waals surface area contributed by atoms with Crippen LogP contribution in [0.4, 0.5) is 0 Å². The molecular formula is C25H34O3. The van der Waals surface area contributed by atoms with E-state index in [2.05, 4.69) is 19.1 Å². The van der Waals surface area contributed by atoms with E-state index in [9.17, 15) is 4.79 Å². The molecule has 1 unspecified atom stereocenters. The van der Waals surface area contributed by atoms with E-state index in [1.165, 1.54) is 32.1 Å². The molecule has 0 aliphatic rings. The fourth-order valence-electron chi connectivity index (χ4n) is 3.28. The first kappa shape index (κ1) is 22.0. The molecule has 0 N–H and O–H groups in total. The van der Waals surface area contributed by atoms with Gasteiger partial charge >= 0.3 is 5.97 Å². The van der Waals surface area contributed by atoms with E-state index >= 15 is 0 Å². The Morgan fingerprint density at radius 2 is 1.36 bits per heavy atom. The number of methoxy groups -OCH3 is 1. The molecule has 0 aliphatic carbocycles. The Morgan fingerprint density at radius 3 is 1.93 bits per heavy atom. The molecule has 152 valence electrons. The van der Waals surface area contributed by atoms with Crippen molar-refractivity contribution in [2.24, 2.45) is 0 Å². The number of carbonyl (C=O) groups excluding carboxylic acids is 1. The van der Waals surface area contributed by atoms with Crippen LogP contribution in [-0.4, -0.2) is 13.1 Å². The highest BCUT2D eigenvalue weighted by Gasteiger charge is 2.11. The van der Waals surface area contributed by atoms with E-state index < -0.39 is 0 Å². The maximum absolute atomic E-state index is 12.1. The molecule has 1 atom stereocenters. The molecule has 3 heteroatoms. The summed E-state index contributed by atoms with van der Waals surface area (Å²) >= 11 is 0. The third-order valence-corrected chi connectivity index (χ3v) is 5.10. The average molecular weight is 383 g/mol. The molecule has 28 heavy (non-hydrogen) atoms. The van der Waals surface area contributed by atoms with Crippen LogP contribution in [-0.2, 0) is 9.53 Å². The van der Waals surface area contributed by atoms with Crippen LogP contribution in [0.2, 0.25) is 0 Å². The van der Waals surface area contributed by atoms with Crippen LogP contribution in [0.5, 0.6) is 5.75 Å². The first-order valence-electron chi connectivity index (χ1n) is 10.6. The molecule has 0 heterocycles. The summed E-state index contributed by atoms with van der Waals surface area (Å²) in [5, 5.41) is 0. The molecule has 0 saturated heterocycles. The molecule has 2 aromatic rings. The summed E-state index contributed by atoms with van der Waals surface area (Å²) in [5.41, 5.74) is 3.29. The number of benzene rings is 2. The highest BCUT2D eigenvalue weighted by Crippen LogP contribution is 2.25. The third-order valence-electron chi connectivity index (χ3n) is 5.10. The van der Waals surface area contributed by atoms with Crippen LogP contribution in [0.15, 0.2) is 48.5 Å². The number of hydrogen-bond donors (Lipinski definition) is 0. The molecule has 0 aromatic heterocycles. The third kappa shape index (κ3) is 7.38. The molecule has 0 spiro atoms. The average Bonchev–Trinajstić information content (AvgIpc) is 2.73. The highest BCUT2D eigenvalue weighted by atomic mass is 16.5. The van der Waals surface area contributed by atoms with Crippen molar-refractivity contribution in [3.05, 3.63) is 54.1 Å². The second kappa shape index (κ2) is 12.2. The first-order chi connectivity index (χ1) is 13.6. The monoisotopic (exact) mass is 382 g/mol. The van der Waals surface area contributed by atoms with Crippen LogP contribution in [0.25, 0.3) is 11.1 Å². The van der Waals surface area contributed by atoms with Gasteiger partial charge in [0.1, 0.15) is 11.9 Å². The molecular weight excluding hydrogens is 348 g/mol. The lowest BCUT2D eigenvalue weighted by molar-refractivity contribution is -0.148. The minimum atomic E-state index is -0.220. The maximum atomic E-state index is 12.1. The van der Waals surface area contributed by atoms with Gasteiger partial charge in [0.2, 0.25) is 0 Å². The minimum Gasteiger partial charge on any atom is -0.497 e. The molecule has 0 amide bonds. The van der Waals surface area contributed by atoms with E-state index in [1.807, 2.05) is 43.3 Å². The van der Waals surface area contributed by atoms with Crippen LogP contribution >= 0.6 is 0 Å². The lowest BCUT2D eigenvalue weighted by Crippen LogP contribution is -2.08. The molecule has 3 nitrogen and oxygen atoms in total. The smallest absolute Gasteiger partial charge is 0.306 e. The van der Waals surface area contributed by atoms with E-state index in [-0.39, 0.29) is 12.1 Å². The van der Waals surface area contributed by atoms with Crippen molar-refractivity contribution >= 4 is 5.97 Å². The van der Waals surface area contributed by atoms with Gasteiger partial charge in [0.25, 0.3) is 0 Å². The van der Waals surface area contributed by atoms with Crippen LogP contribution in [0.3, 0.4) is 0 Å². The van der Waals surface area contributed by atoms with Crippen molar-refractivity contribution in [2.45, 2.75) is 71.3 Å². The largest absolute Gasteiger partial charge is 0.497 e. The zero-order chi connectivity index (χ0) is 20.2. The van der Waals surface area contributed by atoms with Gasteiger partial charge in [-0.1, -0.05) is 81.8 Å². The van der Waals surface area contributed by atoms with Crippen LogP contribution < -0.4 is 4.74 Å². The van der Waals surface area contributed by atoms with Crippen LogP contribution in [0, 0.1) is 0 Å². The van der Waals surface area contributed by atoms with Crippen molar-refractivity contribution in [2.75, 3.05) is 7.11 Å². The second-order valence-electron chi connectivity index (χ2n) is 7.35. The highest BCUT2D eigenvalue weighted by molar-refractivity contribution is 5.69. The molecule has 0 radical (unpaired) electrons. The summed E-state index contributed by atoms with van der Waals surface area (Å²) in [7, 11) is 1.67. The lowest BCUT2D eigenvalue weighted by Gasteiger charge is -2.14. The van der Waals surface area contributed by atoms with Crippen LogP contribution in [0.1, 0.15) is 76.9 Å². The number of unbranched alkanes of at least 4 members (excludes halogenated alkanes) is 6. The predicted octanol–water partition coefficient (Wildman–Crippen LogP) is 7.11. The number of esters is 1. The van der Waals surface area contributed by atoms with E-state index in [1.54, 1.807) is 7.11 Å². The Balaban J connectivity index is 1.75. The Kier molecular flexibility index (Phi) is 9.61. The fourth-order valence-corrected chi connectivity index (χ4v) is 3.28. The summed E-state index contributed by atoms with van der Waals surface area (Å²) in [6, 6.07) is 16.2. The van der Waals surface area contributed by atoms with Gasteiger partial charge in [-0.2, -0.15) is 0 Å². The molecule has 0 bridgehead atoms. The Labute approximate surface area is 170 Å². The lowest BCUT2D eigenvalue weighted by atomic mass is 10.0. The molecule has 0 aliphatic heterocycles. The Hall–Kier alpha value is -2.29. The van der Waals surface area contributed by atoms with Crippen molar-refractivity contribution in [1.29, 1.82) is 0 Å². The summed E-state index contributed by atoms with van der Waals surface area (Å²) in [6.45, 7) is 4.16. The number of hydrogen-bond acceptors (Lipinski definition) is 3. The quantitative estimate of drug-likeness (QED) is 0.290. The molecule has 0 fully saturated rings. The number of carbonyl (C=O) groups is 1. The number of rotatable bonds is 12. The second-order valence-corrected chi connectivity index (χ2v) is 7.35. The van der Waals surface area contributed by atoms with Gasteiger partial charge in [-0.25, -0.2) is 0 Å². The predicted molar refractivity (Wildman–Crippen MR) is 116 cm³/mol. The number of ether oxygens (including phenoxy) is 2. The summed E-state index contributed by atoms with van der Waals surface area (Å²) in [6.07, 6.45) is 8.73. The maximum Gasteiger partial charge on any atom is 0.306 e. The SMILES string of the molecule is CCCCCCCCCC(=O)OC(C)c1ccc(-c2ccc(OC)cc2)cc1. The zero-order valence-electron chi connectivity index (χ0n) is 17.6. The summed E-state index contributed by atoms with van der Waals surface area (Å²) in [4.78, 5) is 12.1. The van der Waals surface area contributed by atoms with E-state index in [0.29, 0.717) is 6.42 Å². The first-order valence-corrected chi connectivity index (χ1v) is 10.6. The van der Waals surface area contributed by atoms with Gasteiger partial charge in [0.15, 0.2) is 0 Å². The standard InChI is InChI=1S/C25H34O3/c1-4-5-6-7-8-9-10-11-25(26)28-20(2)21-12-14-22(15-13-21)23-16-18-24(27-3)19-17-23/h12-20H,4-11H2,1-3H3. The molecule has 0 saturated carbocycles. The molecule has 2 rings (SSSR count). The van der Waals surface area contributed by atoms with Gasteiger partial charge in [0.05, 0.1) is 7.11 Å². The fraction of sp³-hybridized carbons (Fsp3) is 0.480. The Morgan fingerprint density at radius 1 is 0.821 bits per heavy atom. The molecule has 2 aromatic carbocycles. The zero-order valence-corrected chi connectivity index (χ0v) is 17.6. The summed E-state index contributed by atoms with van der Waals surface area (Å²) in [5.74, 6) is 0.752.